The quantitative estimate of drug-likeness (QED) is 0.146. The van der Waals surface area contributed by atoms with E-state index in [1.807, 2.05) is 13.0 Å². The third kappa shape index (κ3) is 31.7. The molecule has 7 rings (SSSR count). The number of hydrogen-bond acceptors (Lipinski definition) is 30. The summed E-state index contributed by atoms with van der Waals surface area (Å²) in [5.74, 6) is -13.1. The first-order chi connectivity index (χ1) is 38.8. The molecule has 0 saturated carbocycles. The third-order valence-electron chi connectivity index (χ3n) is 12.1. The third-order valence-corrected chi connectivity index (χ3v) is 26.0. The van der Waals surface area contributed by atoms with Gasteiger partial charge in [-0.25, -0.2) is 63.7 Å². The van der Waals surface area contributed by atoms with Crippen molar-refractivity contribution >= 4 is 120 Å². The summed E-state index contributed by atoms with van der Waals surface area (Å²) in [6, 6.07) is 8.96. The fraction of sp³-hybridized carbons (Fsp3) is 0.850. The topological polar surface area (TPSA) is 465 Å². The Labute approximate surface area is 509 Å². The minimum absolute atomic E-state index is 0.00713. The molecule has 1 aromatic rings. The van der Waals surface area contributed by atoms with Gasteiger partial charge in [0, 0.05) is 11.8 Å². The molecule has 11 atom stereocenters. The molecule has 6 fully saturated rings. The molecular formula is C40H66F6O30S12. The maximum atomic E-state index is 12.9. The van der Waals surface area contributed by atoms with Crippen LogP contribution in [0.4, 0.5) is 26.3 Å². The van der Waals surface area contributed by atoms with Crippen LogP contribution in [-0.4, -0.2) is 262 Å². The van der Waals surface area contributed by atoms with Gasteiger partial charge in [-0.05, 0) is 17.9 Å². The van der Waals surface area contributed by atoms with Crippen molar-refractivity contribution in [1.82, 2.24) is 0 Å². The van der Waals surface area contributed by atoms with E-state index >= 15 is 0 Å². The average molecular weight is 1530 g/mol. The minimum atomic E-state index is -4.79. The molecule has 6 aliphatic heterocycles. The van der Waals surface area contributed by atoms with Crippen LogP contribution in [0, 0.1) is 17.8 Å². The highest BCUT2D eigenvalue weighted by Gasteiger charge is 2.56. The van der Waals surface area contributed by atoms with Crippen LogP contribution < -0.4 is 0 Å². The normalized spacial score (nSPS) is 30.9. The molecule has 6 saturated heterocycles. The van der Waals surface area contributed by atoms with Gasteiger partial charge in [0.2, 0.25) is 0 Å². The average Bonchev–Trinajstić information content (AvgIpc) is 4.27. The molecule has 520 valence electrons. The van der Waals surface area contributed by atoms with Crippen LogP contribution in [0.15, 0.2) is 30.3 Å². The number of alkyl halides is 6. The molecule has 0 bridgehead atoms. The van der Waals surface area contributed by atoms with Crippen LogP contribution in [0.5, 0.6) is 0 Å². The molecular weight excluding hydrogens is 1460 g/mol. The Morgan fingerprint density at radius 1 is 0.443 bits per heavy atom. The Bertz CT molecular complexity index is 3940. The number of sulfone groups is 6. The molecule has 6 heterocycles. The van der Waals surface area contributed by atoms with Gasteiger partial charge in [-0.2, -0.15) is 63.7 Å². The molecule has 0 aliphatic carbocycles. The van der Waals surface area contributed by atoms with Gasteiger partial charge in [-0.1, -0.05) is 44.2 Å². The standard InChI is InChI=1S/C11H14O5S2.C7H14O5S2.C6H9F3O5S2.C6H12O5S2.C5H8F2O5S2.C5H9FO5S2/c1-17(12,13)16-11-8-18(14,15)7-10(11)9-5-3-2-4-6-9;1-3-6-4-14(10,11)5-7(6)12-13(2,8)9;1-15(10,11)14-5-3-16(12,13)2-4(5)6(7,8)9;1-5-3-13(9,10)4-6(5)11-12(2,7)8;1-13(8,9)12-4-2-14(10,11)3-5(4,6)7;1-12(7,8)11-5-3-13(9,10)2-4(5)6/h2-6,10-11H,7-8H2,1H3;6-7H,3-5H2,1-2H3;4-5H,2-3H2,1H3;5-6H,3-4H2,1-2H3;4H,2-3H2,1H3;4-5H,2-3H2,1H3. The molecule has 30 nitrogen and oxygen atoms in total. The van der Waals surface area contributed by atoms with Crippen LogP contribution in [0.1, 0.15) is 31.7 Å². The number of rotatable bonds is 14. The maximum absolute atomic E-state index is 12.9. The fourth-order valence-corrected chi connectivity index (χ4v) is 24.4. The molecule has 0 N–H and O–H groups in total. The Kier molecular flexibility index (Phi) is 27.7. The van der Waals surface area contributed by atoms with Crippen LogP contribution in [-0.2, 0) is 145 Å². The highest BCUT2D eigenvalue weighted by Crippen LogP contribution is 2.38. The Balaban J connectivity index is 0.000000362. The molecule has 6 aliphatic rings. The minimum Gasteiger partial charge on any atom is -0.266 e. The SMILES string of the molecule is CC1CS(=O)(=O)CC1OS(C)(=O)=O.CCC1CS(=O)(=O)CC1OS(C)(=O)=O.CS(=O)(=O)OC1CS(=O)(=O)CC1(F)F.CS(=O)(=O)OC1CS(=O)(=O)CC1C(F)(F)F.CS(=O)(=O)OC1CS(=O)(=O)CC1F.CS(=O)(=O)OC1CS(=O)(=O)CC1c1ccccc1. The van der Waals surface area contributed by atoms with Gasteiger partial charge in [-0.3, -0.25) is 25.1 Å². The molecule has 0 amide bonds. The van der Waals surface area contributed by atoms with Crippen molar-refractivity contribution in [1.29, 1.82) is 0 Å². The summed E-state index contributed by atoms with van der Waals surface area (Å²) >= 11 is 0. The van der Waals surface area contributed by atoms with Crippen LogP contribution in [0.2, 0.25) is 0 Å². The predicted octanol–water partition coefficient (Wildman–Crippen LogP) is -1.84. The van der Waals surface area contributed by atoms with Crippen molar-refractivity contribution in [3.8, 4) is 0 Å². The summed E-state index contributed by atoms with van der Waals surface area (Å²) < 4.78 is 365. The smallest absolute Gasteiger partial charge is 0.266 e. The molecule has 11 unspecified atom stereocenters. The molecule has 88 heavy (non-hydrogen) atoms. The van der Waals surface area contributed by atoms with E-state index in [0.29, 0.717) is 18.9 Å². The van der Waals surface area contributed by atoms with Crippen molar-refractivity contribution in [2.45, 2.75) is 81.1 Å². The zero-order valence-electron chi connectivity index (χ0n) is 47.3. The zero-order valence-corrected chi connectivity index (χ0v) is 57.1. The van der Waals surface area contributed by atoms with E-state index in [1.54, 1.807) is 31.2 Å². The lowest BCUT2D eigenvalue weighted by molar-refractivity contribution is -0.183. The van der Waals surface area contributed by atoms with E-state index in [1.165, 1.54) is 0 Å². The predicted molar refractivity (Wildman–Crippen MR) is 302 cm³/mol. The van der Waals surface area contributed by atoms with Gasteiger partial charge < -0.3 is 0 Å². The second-order valence-electron chi connectivity index (χ2n) is 21.0. The van der Waals surface area contributed by atoms with E-state index in [-0.39, 0.29) is 46.4 Å². The van der Waals surface area contributed by atoms with Gasteiger partial charge in [0.15, 0.2) is 65.1 Å². The molecule has 48 heteroatoms. The summed E-state index contributed by atoms with van der Waals surface area (Å²) in [6.45, 7) is 3.49. The van der Waals surface area contributed by atoms with Crippen molar-refractivity contribution < 1.29 is 152 Å². The first-order valence-corrected chi connectivity index (χ1v) is 46.3. The Morgan fingerprint density at radius 2 is 0.795 bits per heavy atom. The van der Waals surface area contributed by atoms with Gasteiger partial charge in [-0.15, -0.1) is 0 Å². The van der Waals surface area contributed by atoms with Crippen molar-refractivity contribution in [2.75, 3.05) is 107 Å². The highest BCUT2D eigenvalue weighted by atomic mass is 32.3. The van der Waals surface area contributed by atoms with Crippen LogP contribution in [0.3, 0.4) is 0 Å². The summed E-state index contributed by atoms with van der Waals surface area (Å²) in [4.78, 5) is 0. The number of hydrogen-bond donors (Lipinski definition) is 0. The fourth-order valence-electron chi connectivity index (χ4n) is 8.71. The first-order valence-electron chi connectivity index (χ1n) is 24.5. The van der Waals surface area contributed by atoms with Crippen molar-refractivity contribution in [2.24, 2.45) is 17.8 Å². The summed E-state index contributed by atoms with van der Waals surface area (Å²) in [6.07, 6.45) is -8.80. The van der Waals surface area contributed by atoms with Gasteiger partial charge in [0.25, 0.3) is 66.6 Å². The van der Waals surface area contributed by atoms with E-state index in [4.69, 9.17) is 8.37 Å². The summed E-state index contributed by atoms with van der Waals surface area (Å²) in [5.41, 5.74) is 0.784. The Morgan fingerprint density at radius 3 is 1.18 bits per heavy atom. The van der Waals surface area contributed by atoms with Crippen LogP contribution >= 0.6 is 0 Å². The van der Waals surface area contributed by atoms with E-state index in [0.717, 1.165) is 30.6 Å². The summed E-state index contributed by atoms with van der Waals surface area (Å²) in [7, 11) is -43.6. The number of benzene rings is 1. The molecule has 0 aromatic heterocycles. The number of halogens is 6. The molecule has 0 radical (unpaired) electrons. The van der Waals surface area contributed by atoms with Gasteiger partial charge in [0.05, 0.1) is 125 Å². The zero-order chi connectivity index (χ0) is 68.9. The highest BCUT2D eigenvalue weighted by molar-refractivity contribution is 7.93. The lowest BCUT2D eigenvalue weighted by atomic mass is 9.97. The lowest BCUT2D eigenvalue weighted by Gasteiger charge is -2.19. The van der Waals surface area contributed by atoms with Crippen LogP contribution in [0.25, 0.3) is 0 Å². The maximum Gasteiger partial charge on any atom is 0.395 e. The lowest BCUT2D eigenvalue weighted by Crippen LogP contribution is -2.35. The first kappa shape index (κ1) is 82.1. The second-order valence-corrected chi connectivity index (χ2v) is 43.5. The van der Waals surface area contributed by atoms with Gasteiger partial charge >= 0.3 is 6.18 Å². The largest absolute Gasteiger partial charge is 0.395 e. The second kappa shape index (κ2) is 29.7. The Hall–Kier alpha value is -2.04. The monoisotopic (exact) mass is 1520 g/mol. The van der Waals surface area contributed by atoms with E-state index < -0.39 is 221 Å². The summed E-state index contributed by atoms with van der Waals surface area (Å²) in [5, 5.41) is 0. The van der Waals surface area contributed by atoms with Gasteiger partial charge in [0.1, 0.15) is 24.1 Å². The van der Waals surface area contributed by atoms with Crippen molar-refractivity contribution in [3.63, 3.8) is 0 Å². The van der Waals surface area contributed by atoms with Crippen molar-refractivity contribution in [3.05, 3.63) is 35.9 Å². The molecule has 0 spiro atoms. The van der Waals surface area contributed by atoms with E-state index in [2.05, 4.69) is 16.7 Å². The van der Waals surface area contributed by atoms with E-state index in [9.17, 15) is 127 Å². The molecule has 1 aromatic carbocycles.